The van der Waals surface area contributed by atoms with Crippen molar-refractivity contribution in [3.63, 3.8) is 0 Å². The van der Waals surface area contributed by atoms with Crippen molar-refractivity contribution in [2.45, 2.75) is 6.04 Å². The second-order valence-electron chi connectivity index (χ2n) is 4.23. The smallest absolute Gasteiger partial charge is 0.251 e. The summed E-state index contributed by atoms with van der Waals surface area (Å²) in [4.78, 5) is 11.8. The van der Waals surface area contributed by atoms with Crippen LogP contribution in [-0.2, 0) is 4.74 Å². The molecule has 1 N–H and O–H groups in total. The van der Waals surface area contributed by atoms with Crippen molar-refractivity contribution >= 4 is 5.91 Å². The van der Waals surface area contributed by atoms with Crippen LogP contribution in [0.5, 0.6) is 0 Å². The van der Waals surface area contributed by atoms with E-state index in [1.54, 1.807) is 0 Å². The molecule has 1 unspecified atom stereocenters. The number of ether oxygens (including phenoxy) is 1. The Bertz CT molecular complexity index is 366. The maximum atomic E-state index is 11.8. The predicted molar refractivity (Wildman–Crippen MR) is 55.5 cm³/mol. The Labute approximate surface area is 88.4 Å². The van der Waals surface area contributed by atoms with Crippen molar-refractivity contribution in [1.29, 1.82) is 0 Å². The number of hydrogen-bond acceptors (Lipinski definition) is 2. The molecule has 3 heteroatoms. The Morgan fingerprint density at radius 1 is 1.20 bits per heavy atom. The maximum Gasteiger partial charge on any atom is 0.251 e. The van der Waals surface area contributed by atoms with E-state index in [1.165, 1.54) is 0 Å². The molecule has 1 aliphatic heterocycles. The molecule has 3 rings (SSSR count). The molecule has 1 amide bonds. The largest absolute Gasteiger partial charge is 0.381 e. The van der Waals surface area contributed by atoms with Gasteiger partial charge in [0.1, 0.15) is 0 Å². The van der Waals surface area contributed by atoms with Crippen LogP contribution < -0.4 is 5.32 Å². The topological polar surface area (TPSA) is 38.3 Å². The van der Waals surface area contributed by atoms with Crippen LogP contribution in [0.4, 0.5) is 0 Å². The highest BCUT2D eigenvalue weighted by Crippen LogP contribution is 2.44. The molecular formula is C12H13NO2. The lowest BCUT2D eigenvalue weighted by Gasteiger charge is -2.07. The zero-order valence-corrected chi connectivity index (χ0v) is 8.35. The Hall–Kier alpha value is -1.35. The number of nitrogens with one attached hydrogen (secondary N) is 1. The first-order valence-corrected chi connectivity index (χ1v) is 5.30. The SMILES string of the molecule is O=C(NC1[C@H]2COC[C@@H]12)c1ccccc1. The average Bonchev–Trinajstić information content (AvgIpc) is 2.75. The second-order valence-corrected chi connectivity index (χ2v) is 4.23. The van der Waals surface area contributed by atoms with Gasteiger partial charge in [0.15, 0.2) is 0 Å². The molecule has 1 saturated carbocycles. The van der Waals surface area contributed by atoms with Crippen molar-refractivity contribution in [1.82, 2.24) is 5.32 Å². The third kappa shape index (κ3) is 1.53. The molecule has 78 valence electrons. The van der Waals surface area contributed by atoms with Gasteiger partial charge in [-0.2, -0.15) is 0 Å². The lowest BCUT2D eigenvalue weighted by molar-refractivity contribution is 0.0929. The van der Waals surface area contributed by atoms with Crippen LogP contribution in [0.2, 0.25) is 0 Å². The highest BCUT2D eigenvalue weighted by atomic mass is 16.5. The van der Waals surface area contributed by atoms with E-state index < -0.39 is 0 Å². The van der Waals surface area contributed by atoms with Crippen molar-refractivity contribution in [3.05, 3.63) is 35.9 Å². The quantitative estimate of drug-likeness (QED) is 0.780. The van der Waals surface area contributed by atoms with E-state index in [9.17, 15) is 4.79 Å². The molecule has 0 aromatic heterocycles. The normalized spacial score (nSPS) is 32.1. The first-order valence-electron chi connectivity index (χ1n) is 5.30. The third-order valence-corrected chi connectivity index (χ3v) is 3.29. The zero-order valence-electron chi connectivity index (χ0n) is 8.35. The number of amides is 1. The average molecular weight is 203 g/mol. The summed E-state index contributed by atoms with van der Waals surface area (Å²) in [7, 11) is 0. The van der Waals surface area contributed by atoms with Crippen LogP contribution in [0.25, 0.3) is 0 Å². The van der Waals surface area contributed by atoms with Crippen molar-refractivity contribution in [2.24, 2.45) is 11.8 Å². The fourth-order valence-electron chi connectivity index (χ4n) is 2.28. The van der Waals surface area contributed by atoms with E-state index in [4.69, 9.17) is 4.74 Å². The molecule has 3 nitrogen and oxygen atoms in total. The van der Waals surface area contributed by atoms with Crippen LogP contribution >= 0.6 is 0 Å². The molecular weight excluding hydrogens is 190 g/mol. The lowest BCUT2D eigenvalue weighted by atomic mass is 10.2. The first kappa shape index (κ1) is 8.92. The molecule has 1 aromatic carbocycles. The summed E-state index contributed by atoms with van der Waals surface area (Å²) < 4.78 is 5.27. The van der Waals surface area contributed by atoms with Crippen molar-refractivity contribution in [3.8, 4) is 0 Å². The summed E-state index contributed by atoms with van der Waals surface area (Å²) in [5.74, 6) is 1.17. The predicted octanol–water partition coefficient (Wildman–Crippen LogP) is 1.06. The van der Waals surface area contributed by atoms with E-state index in [0.29, 0.717) is 17.9 Å². The molecule has 2 fully saturated rings. The maximum absolute atomic E-state index is 11.8. The van der Waals surface area contributed by atoms with Gasteiger partial charge in [-0.1, -0.05) is 18.2 Å². The van der Waals surface area contributed by atoms with Crippen LogP contribution in [0.1, 0.15) is 10.4 Å². The minimum atomic E-state index is 0.0370. The molecule has 1 aromatic rings. The lowest BCUT2D eigenvalue weighted by Crippen LogP contribution is -2.29. The van der Waals surface area contributed by atoms with Crippen LogP contribution in [-0.4, -0.2) is 25.2 Å². The Morgan fingerprint density at radius 3 is 2.53 bits per heavy atom. The van der Waals surface area contributed by atoms with Crippen LogP contribution in [0.3, 0.4) is 0 Å². The summed E-state index contributed by atoms with van der Waals surface area (Å²) >= 11 is 0. The Morgan fingerprint density at radius 2 is 1.87 bits per heavy atom. The van der Waals surface area contributed by atoms with E-state index in [0.717, 1.165) is 18.8 Å². The van der Waals surface area contributed by atoms with Gasteiger partial charge >= 0.3 is 0 Å². The van der Waals surface area contributed by atoms with Crippen molar-refractivity contribution in [2.75, 3.05) is 13.2 Å². The van der Waals surface area contributed by atoms with Gasteiger partial charge in [0.05, 0.1) is 13.2 Å². The Kier molecular flexibility index (Phi) is 1.99. The third-order valence-electron chi connectivity index (χ3n) is 3.29. The number of carbonyl (C=O) groups excluding carboxylic acids is 1. The zero-order chi connectivity index (χ0) is 10.3. The summed E-state index contributed by atoms with van der Waals surface area (Å²) in [6.45, 7) is 1.62. The second kappa shape index (κ2) is 3.35. The van der Waals surface area contributed by atoms with Gasteiger partial charge in [0.2, 0.25) is 0 Å². The molecule has 1 aliphatic carbocycles. The molecule has 0 bridgehead atoms. The summed E-state index contributed by atoms with van der Waals surface area (Å²) in [6.07, 6.45) is 0. The summed E-state index contributed by atoms with van der Waals surface area (Å²) in [5, 5.41) is 3.05. The minimum Gasteiger partial charge on any atom is -0.381 e. The molecule has 3 atom stereocenters. The fourth-order valence-corrected chi connectivity index (χ4v) is 2.28. The highest BCUT2D eigenvalue weighted by Gasteiger charge is 2.54. The minimum absolute atomic E-state index is 0.0370. The van der Waals surface area contributed by atoms with Gasteiger partial charge in [0.25, 0.3) is 5.91 Å². The van der Waals surface area contributed by atoms with E-state index >= 15 is 0 Å². The van der Waals surface area contributed by atoms with Crippen LogP contribution in [0, 0.1) is 11.8 Å². The van der Waals surface area contributed by atoms with Gasteiger partial charge in [0, 0.05) is 23.4 Å². The molecule has 2 aliphatic rings. The van der Waals surface area contributed by atoms with Gasteiger partial charge in [-0.3, -0.25) is 4.79 Å². The van der Waals surface area contributed by atoms with Crippen LogP contribution in [0.15, 0.2) is 30.3 Å². The number of rotatable bonds is 2. The monoisotopic (exact) mass is 203 g/mol. The fraction of sp³-hybridized carbons (Fsp3) is 0.417. The van der Waals surface area contributed by atoms with Crippen molar-refractivity contribution < 1.29 is 9.53 Å². The van der Waals surface area contributed by atoms with Gasteiger partial charge in [-0.25, -0.2) is 0 Å². The Balaban J connectivity index is 1.63. The van der Waals surface area contributed by atoms with Gasteiger partial charge in [-0.05, 0) is 12.1 Å². The number of benzene rings is 1. The summed E-state index contributed by atoms with van der Waals surface area (Å²) in [5.41, 5.74) is 0.739. The van der Waals surface area contributed by atoms with E-state index in [2.05, 4.69) is 5.32 Å². The molecule has 0 radical (unpaired) electrons. The molecule has 1 saturated heterocycles. The first-order chi connectivity index (χ1) is 7.36. The standard InChI is InChI=1S/C12H13NO2/c14-12(8-4-2-1-3-5-8)13-11-9-6-15-7-10(9)11/h1-5,9-11H,6-7H2,(H,13,14)/t9-,10+,11?. The number of fused-ring (bicyclic) bond motifs is 1. The number of carbonyl (C=O) groups is 1. The van der Waals surface area contributed by atoms with E-state index in [1.807, 2.05) is 30.3 Å². The van der Waals surface area contributed by atoms with Gasteiger partial charge in [-0.15, -0.1) is 0 Å². The van der Waals surface area contributed by atoms with Gasteiger partial charge < -0.3 is 10.1 Å². The number of hydrogen-bond donors (Lipinski definition) is 1. The highest BCUT2D eigenvalue weighted by molar-refractivity contribution is 5.94. The molecule has 15 heavy (non-hydrogen) atoms. The van der Waals surface area contributed by atoms with E-state index in [-0.39, 0.29) is 5.91 Å². The molecule has 1 heterocycles. The summed E-state index contributed by atoms with van der Waals surface area (Å²) in [6, 6.07) is 9.70. The molecule has 0 spiro atoms.